The zero-order chi connectivity index (χ0) is 16.8. The van der Waals surface area contributed by atoms with Gasteiger partial charge in [0.25, 0.3) is 5.91 Å². The van der Waals surface area contributed by atoms with E-state index < -0.39 is 11.9 Å². The van der Waals surface area contributed by atoms with Crippen LogP contribution in [0.25, 0.3) is 0 Å². The summed E-state index contributed by atoms with van der Waals surface area (Å²) in [5.41, 5.74) is 0.922. The first-order chi connectivity index (χ1) is 11.0. The molecule has 0 radical (unpaired) electrons. The highest BCUT2D eigenvalue weighted by molar-refractivity contribution is 6.30. The van der Waals surface area contributed by atoms with Gasteiger partial charge in [0.15, 0.2) is 6.10 Å². The van der Waals surface area contributed by atoms with Crippen molar-refractivity contribution in [3.8, 4) is 5.75 Å². The molecule has 0 spiro atoms. The third kappa shape index (κ3) is 5.21. The van der Waals surface area contributed by atoms with Crippen molar-refractivity contribution in [2.24, 2.45) is 0 Å². The van der Waals surface area contributed by atoms with Crippen molar-refractivity contribution in [1.82, 2.24) is 5.32 Å². The second-order valence-corrected chi connectivity index (χ2v) is 5.41. The van der Waals surface area contributed by atoms with E-state index in [0.29, 0.717) is 18.7 Å². The van der Waals surface area contributed by atoms with Gasteiger partial charge in [-0.1, -0.05) is 23.7 Å². The number of nitrogens with one attached hydrogen (secondary N) is 1. The van der Waals surface area contributed by atoms with E-state index in [1.807, 2.05) is 0 Å². The second-order valence-electron chi connectivity index (χ2n) is 5.00. The molecule has 0 saturated heterocycles. The Labute approximate surface area is 138 Å². The fourth-order valence-corrected chi connectivity index (χ4v) is 2.10. The van der Waals surface area contributed by atoms with Crippen LogP contribution in [0.2, 0.25) is 5.02 Å². The minimum atomic E-state index is -0.746. The fraction of sp³-hybridized carbons (Fsp3) is 0.235. The van der Waals surface area contributed by atoms with E-state index in [-0.39, 0.29) is 16.7 Å². The van der Waals surface area contributed by atoms with Crippen LogP contribution in [-0.2, 0) is 11.2 Å². The Balaban J connectivity index is 1.80. The van der Waals surface area contributed by atoms with Crippen LogP contribution in [0.4, 0.5) is 8.78 Å². The molecule has 23 heavy (non-hydrogen) atoms. The number of amides is 1. The molecule has 0 fully saturated rings. The molecule has 0 aromatic heterocycles. The van der Waals surface area contributed by atoms with Crippen molar-refractivity contribution in [3.63, 3.8) is 0 Å². The second kappa shape index (κ2) is 7.92. The van der Waals surface area contributed by atoms with Crippen molar-refractivity contribution < 1.29 is 18.3 Å². The highest BCUT2D eigenvalue weighted by Crippen LogP contribution is 2.21. The first-order valence-electron chi connectivity index (χ1n) is 7.09. The number of hydrogen-bond donors (Lipinski definition) is 1. The van der Waals surface area contributed by atoms with Gasteiger partial charge in [0.1, 0.15) is 17.4 Å². The topological polar surface area (TPSA) is 38.3 Å². The Hall–Kier alpha value is -2.14. The van der Waals surface area contributed by atoms with Gasteiger partial charge in [-0.3, -0.25) is 4.79 Å². The Morgan fingerprint density at radius 3 is 2.57 bits per heavy atom. The molecule has 2 aromatic carbocycles. The summed E-state index contributed by atoms with van der Waals surface area (Å²) in [6.07, 6.45) is -0.161. The maximum absolute atomic E-state index is 13.1. The van der Waals surface area contributed by atoms with Crippen LogP contribution in [0.3, 0.4) is 0 Å². The lowest BCUT2D eigenvalue weighted by molar-refractivity contribution is -0.127. The number of ether oxygens (including phenoxy) is 1. The van der Waals surface area contributed by atoms with E-state index in [2.05, 4.69) is 5.32 Å². The van der Waals surface area contributed by atoms with Crippen molar-refractivity contribution in [2.75, 3.05) is 6.54 Å². The molecule has 1 amide bonds. The molecule has 0 aliphatic rings. The van der Waals surface area contributed by atoms with Gasteiger partial charge in [0, 0.05) is 12.6 Å². The Kier molecular flexibility index (Phi) is 5.93. The number of carbonyl (C=O) groups excluding carboxylic acids is 1. The molecule has 1 N–H and O–H groups in total. The number of halogens is 3. The Bertz CT molecular complexity index is 677. The summed E-state index contributed by atoms with van der Waals surface area (Å²) in [4.78, 5) is 11.9. The highest BCUT2D eigenvalue weighted by Gasteiger charge is 2.14. The predicted octanol–water partition coefficient (Wildman–Crippen LogP) is 3.74. The summed E-state index contributed by atoms with van der Waals surface area (Å²) in [5.74, 6) is -0.821. The van der Waals surface area contributed by atoms with Crippen LogP contribution in [-0.4, -0.2) is 18.6 Å². The predicted molar refractivity (Wildman–Crippen MR) is 84.6 cm³/mol. The minimum Gasteiger partial charge on any atom is -0.481 e. The van der Waals surface area contributed by atoms with E-state index in [4.69, 9.17) is 16.3 Å². The number of carbonyl (C=O) groups is 1. The third-order valence-electron chi connectivity index (χ3n) is 3.20. The molecule has 6 heteroatoms. The summed E-state index contributed by atoms with van der Waals surface area (Å²) in [6.45, 7) is 1.99. The van der Waals surface area contributed by atoms with Gasteiger partial charge in [0.2, 0.25) is 0 Å². The molecular weight excluding hydrogens is 324 g/mol. The van der Waals surface area contributed by atoms with Gasteiger partial charge < -0.3 is 10.1 Å². The molecule has 2 rings (SSSR count). The molecule has 0 aliphatic heterocycles. The van der Waals surface area contributed by atoms with Gasteiger partial charge in [-0.25, -0.2) is 8.78 Å². The van der Waals surface area contributed by atoms with Crippen LogP contribution >= 0.6 is 11.6 Å². The smallest absolute Gasteiger partial charge is 0.260 e. The molecule has 0 heterocycles. The number of rotatable bonds is 6. The van der Waals surface area contributed by atoms with E-state index in [9.17, 15) is 13.6 Å². The van der Waals surface area contributed by atoms with Crippen LogP contribution in [0.5, 0.6) is 5.75 Å². The first-order valence-corrected chi connectivity index (χ1v) is 7.47. The largest absolute Gasteiger partial charge is 0.481 e. The van der Waals surface area contributed by atoms with Crippen molar-refractivity contribution >= 4 is 17.5 Å². The Morgan fingerprint density at radius 1 is 1.22 bits per heavy atom. The van der Waals surface area contributed by atoms with Crippen molar-refractivity contribution in [1.29, 1.82) is 0 Å². The molecule has 2 aromatic rings. The van der Waals surface area contributed by atoms with Crippen LogP contribution in [0.15, 0.2) is 42.5 Å². The Morgan fingerprint density at radius 2 is 1.91 bits per heavy atom. The van der Waals surface area contributed by atoms with Gasteiger partial charge in [-0.15, -0.1) is 0 Å². The van der Waals surface area contributed by atoms with Gasteiger partial charge in [-0.2, -0.15) is 0 Å². The maximum atomic E-state index is 13.1. The summed E-state index contributed by atoms with van der Waals surface area (Å²) in [7, 11) is 0. The third-order valence-corrected chi connectivity index (χ3v) is 3.49. The molecular formula is C17H16ClF2NO2. The molecule has 1 atom stereocenters. The summed E-state index contributed by atoms with van der Waals surface area (Å²) >= 11 is 5.66. The quantitative estimate of drug-likeness (QED) is 0.870. The van der Waals surface area contributed by atoms with Gasteiger partial charge in [0.05, 0.1) is 5.02 Å². The highest BCUT2D eigenvalue weighted by atomic mass is 35.5. The van der Waals surface area contributed by atoms with Crippen LogP contribution < -0.4 is 10.1 Å². The molecule has 122 valence electrons. The van der Waals surface area contributed by atoms with Crippen LogP contribution in [0, 0.1) is 11.6 Å². The number of benzene rings is 2. The van der Waals surface area contributed by atoms with E-state index in [1.54, 1.807) is 19.1 Å². The molecule has 0 bridgehead atoms. The average molecular weight is 340 g/mol. The minimum absolute atomic E-state index is 0.0635. The lowest BCUT2D eigenvalue weighted by Gasteiger charge is -2.15. The van der Waals surface area contributed by atoms with Crippen molar-refractivity contribution in [2.45, 2.75) is 19.4 Å². The fourth-order valence-electron chi connectivity index (χ4n) is 1.93. The zero-order valence-electron chi connectivity index (χ0n) is 12.5. The lowest BCUT2D eigenvalue weighted by atomic mass is 10.1. The summed E-state index contributed by atoms with van der Waals surface area (Å²) in [6, 6.07) is 9.99. The van der Waals surface area contributed by atoms with E-state index in [0.717, 1.165) is 5.56 Å². The zero-order valence-corrected chi connectivity index (χ0v) is 13.2. The van der Waals surface area contributed by atoms with Crippen molar-refractivity contribution in [3.05, 3.63) is 64.7 Å². The lowest BCUT2D eigenvalue weighted by Crippen LogP contribution is -2.37. The van der Waals surface area contributed by atoms with E-state index in [1.165, 1.54) is 30.3 Å². The SMILES string of the molecule is C[C@H](Oc1ccc(F)c(Cl)c1)C(=O)NCCc1ccc(F)cc1. The van der Waals surface area contributed by atoms with Gasteiger partial charge in [-0.05, 0) is 43.2 Å². The standard InChI is InChI=1S/C17H16ClF2NO2/c1-11(23-14-6-7-16(20)15(18)10-14)17(22)21-9-8-12-2-4-13(19)5-3-12/h2-7,10-11H,8-9H2,1H3,(H,21,22)/t11-/m0/s1. The number of hydrogen-bond acceptors (Lipinski definition) is 2. The summed E-state index contributed by atoms with van der Waals surface area (Å²) in [5, 5.41) is 2.66. The van der Waals surface area contributed by atoms with E-state index >= 15 is 0 Å². The van der Waals surface area contributed by atoms with Gasteiger partial charge >= 0.3 is 0 Å². The monoisotopic (exact) mass is 339 g/mol. The molecule has 0 aliphatic carbocycles. The van der Waals surface area contributed by atoms with Crippen LogP contribution in [0.1, 0.15) is 12.5 Å². The maximum Gasteiger partial charge on any atom is 0.260 e. The summed E-state index contributed by atoms with van der Waals surface area (Å²) < 4.78 is 31.3. The normalized spacial score (nSPS) is 11.8. The molecule has 0 saturated carbocycles. The molecule has 0 unspecified atom stereocenters. The average Bonchev–Trinajstić information content (AvgIpc) is 2.52. The molecule has 3 nitrogen and oxygen atoms in total. The first kappa shape index (κ1) is 17.2.